The maximum atomic E-state index is 12.5. The van der Waals surface area contributed by atoms with E-state index in [4.69, 9.17) is 9.47 Å². The zero-order valence-electron chi connectivity index (χ0n) is 12.4. The molecule has 8 heteroatoms. The van der Waals surface area contributed by atoms with Crippen molar-refractivity contribution >= 4 is 21.7 Å². The first-order valence-electron chi connectivity index (χ1n) is 6.43. The van der Waals surface area contributed by atoms with Crippen molar-refractivity contribution in [3.63, 3.8) is 0 Å². The number of nitrogens with one attached hydrogen (secondary N) is 1. The van der Waals surface area contributed by atoms with Gasteiger partial charge in [0.25, 0.3) is 10.0 Å². The van der Waals surface area contributed by atoms with Crippen LogP contribution in [0, 0.1) is 0 Å². The average molecular weight is 336 g/mol. The molecule has 0 aliphatic carbocycles. The number of methoxy groups -OCH3 is 2. The Hall–Kier alpha value is -2.74. The Morgan fingerprint density at radius 3 is 2.43 bits per heavy atom. The number of benzene rings is 2. The molecule has 2 aromatic carbocycles. The zero-order valence-corrected chi connectivity index (χ0v) is 13.2. The highest BCUT2D eigenvalue weighted by Crippen LogP contribution is 2.29. The van der Waals surface area contributed by atoms with Crippen molar-refractivity contribution in [2.45, 2.75) is 4.90 Å². The zero-order chi connectivity index (χ0) is 17.0. The van der Waals surface area contributed by atoms with Gasteiger partial charge in [0.1, 0.15) is 16.4 Å². The Bertz CT molecular complexity index is 832. The van der Waals surface area contributed by atoms with Crippen LogP contribution in [0.3, 0.4) is 0 Å². The summed E-state index contributed by atoms with van der Waals surface area (Å²) >= 11 is 0. The molecule has 0 fully saturated rings. The molecule has 0 spiro atoms. The lowest BCUT2D eigenvalue weighted by Crippen LogP contribution is -2.22. The Labute approximate surface area is 133 Å². The van der Waals surface area contributed by atoms with Crippen LogP contribution in [-0.4, -0.2) is 28.6 Å². The maximum Gasteiger partial charge on any atom is 0.265 e. The second kappa shape index (κ2) is 6.57. The van der Waals surface area contributed by atoms with Crippen molar-refractivity contribution in [2.24, 2.45) is 0 Å². The van der Waals surface area contributed by atoms with Crippen molar-refractivity contribution in [2.75, 3.05) is 18.9 Å². The lowest BCUT2D eigenvalue weighted by molar-refractivity contribution is -0.255. The molecule has 0 radical (unpaired) electrons. The number of sulfonamides is 1. The van der Waals surface area contributed by atoms with Gasteiger partial charge in [-0.1, -0.05) is 12.1 Å². The molecule has 0 amide bonds. The number of hydrogen-bond donors (Lipinski definition) is 1. The molecular formula is C15H14NO6S-. The summed E-state index contributed by atoms with van der Waals surface area (Å²) in [6.07, 6.45) is 0. The number of anilines is 1. The third-order valence-corrected chi connectivity index (χ3v) is 4.41. The van der Waals surface area contributed by atoms with Crippen LogP contribution in [0.1, 0.15) is 10.4 Å². The number of carboxylic acid groups (broad SMARTS) is 1. The highest BCUT2D eigenvalue weighted by Gasteiger charge is 2.21. The van der Waals surface area contributed by atoms with E-state index in [0.29, 0.717) is 5.75 Å². The highest BCUT2D eigenvalue weighted by atomic mass is 32.2. The Kier molecular flexibility index (Phi) is 4.75. The van der Waals surface area contributed by atoms with Crippen LogP contribution in [0.4, 0.5) is 5.69 Å². The van der Waals surface area contributed by atoms with E-state index in [1.165, 1.54) is 50.6 Å². The predicted molar refractivity (Wildman–Crippen MR) is 81.1 cm³/mol. The molecule has 23 heavy (non-hydrogen) atoms. The average Bonchev–Trinajstić information content (AvgIpc) is 2.54. The van der Waals surface area contributed by atoms with Gasteiger partial charge in [-0.25, -0.2) is 8.42 Å². The Morgan fingerprint density at radius 2 is 1.83 bits per heavy atom. The van der Waals surface area contributed by atoms with Crippen LogP contribution in [0.5, 0.6) is 11.5 Å². The minimum absolute atomic E-state index is 0.0940. The molecule has 0 atom stereocenters. The van der Waals surface area contributed by atoms with Gasteiger partial charge in [0.2, 0.25) is 0 Å². The topological polar surface area (TPSA) is 105 Å². The number of hydrogen-bond acceptors (Lipinski definition) is 6. The molecule has 0 aromatic heterocycles. The SMILES string of the molecule is COc1ccc(OC)c(S(=O)(=O)Nc2cccc(C(=O)[O-])c2)c1. The van der Waals surface area contributed by atoms with Gasteiger partial charge in [-0.3, -0.25) is 4.72 Å². The third kappa shape index (κ3) is 3.72. The molecule has 7 nitrogen and oxygen atoms in total. The molecule has 0 heterocycles. The van der Waals surface area contributed by atoms with Crippen molar-refractivity contribution in [3.8, 4) is 11.5 Å². The molecule has 0 saturated carbocycles. The first-order chi connectivity index (χ1) is 10.9. The second-order valence-electron chi connectivity index (χ2n) is 4.49. The number of rotatable bonds is 6. The number of carboxylic acids is 1. The minimum Gasteiger partial charge on any atom is -0.545 e. The van der Waals surface area contributed by atoms with Crippen LogP contribution >= 0.6 is 0 Å². The van der Waals surface area contributed by atoms with Crippen molar-refractivity contribution in [1.82, 2.24) is 0 Å². The molecule has 0 aliphatic heterocycles. The van der Waals surface area contributed by atoms with Gasteiger partial charge in [-0.05, 0) is 29.8 Å². The van der Waals surface area contributed by atoms with Gasteiger partial charge in [-0.2, -0.15) is 0 Å². The minimum atomic E-state index is -4.00. The van der Waals surface area contributed by atoms with Crippen LogP contribution < -0.4 is 19.3 Å². The van der Waals surface area contributed by atoms with Crippen LogP contribution in [0.25, 0.3) is 0 Å². The first kappa shape index (κ1) is 16.6. The lowest BCUT2D eigenvalue weighted by atomic mass is 10.2. The summed E-state index contributed by atoms with van der Waals surface area (Å²) in [6.45, 7) is 0. The van der Waals surface area contributed by atoms with Crippen LogP contribution in [0.15, 0.2) is 47.4 Å². The number of carbonyl (C=O) groups excluding carboxylic acids is 1. The second-order valence-corrected chi connectivity index (χ2v) is 6.14. The van der Waals surface area contributed by atoms with Gasteiger partial charge in [0.15, 0.2) is 0 Å². The number of ether oxygens (including phenoxy) is 2. The fourth-order valence-corrected chi connectivity index (χ4v) is 3.15. The molecular weight excluding hydrogens is 322 g/mol. The van der Waals surface area contributed by atoms with Crippen LogP contribution in [0.2, 0.25) is 0 Å². The molecule has 0 aliphatic rings. The van der Waals surface area contributed by atoms with Gasteiger partial charge < -0.3 is 19.4 Å². The van der Waals surface area contributed by atoms with E-state index in [1.807, 2.05) is 0 Å². The summed E-state index contributed by atoms with van der Waals surface area (Å²) in [5.41, 5.74) is -0.0422. The van der Waals surface area contributed by atoms with E-state index in [0.717, 1.165) is 0 Å². The smallest absolute Gasteiger partial charge is 0.265 e. The Morgan fingerprint density at radius 1 is 1.09 bits per heavy atom. The summed E-state index contributed by atoms with van der Waals surface area (Å²) in [7, 11) is -1.24. The molecule has 0 unspecified atom stereocenters. The lowest BCUT2D eigenvalue weighted by Gasteiger charge is -2.13. The fourth-order valence-electron chi connectivity index (χ4n) is 1.91. The monoisotopic (exact) mass is 336 g/mol. The van der Waals surface area contributed by atoms with E-state index in [1.54, 1.807) is 6.07 Å². The molecule has 2 rings (SSSR count). The van der Waals surface area contributed by atoms with E-state index < -0.39 is 16.0 Å². The molecule has 0 saturated heterocycles. The number of carbonyl (C=O) groups is 1. The van der Waals surface area contributed by atoms with E-state index >= 15 is 0 Å². The molecule has 2 aromatic rings. The normalized spacial score (nSPS) is 10.9. The quantitative estimate of drug-likeness (QED) is 0.839. The van der Waals surface area contributed by atoms with Gasteiger partial charge in [-0.15, -0.1) is 0 Å². The number of aromatic carboxylic acids is 1. The molecule has 1 N–H and O–H groups in total. The summed E-state index contributed by atoms with van der Waals surface area (Å²) in [5, 5.41) is 10.8. The van der Waals surface area contributed by atoms with E-state index in [2.05, 4.69) is 4.72 Å². The molecule has 0 bridgehead atoms. The third-order valence-electron chi connectivity index (χ3n) is 3.01. The van der Waals surface area contributed by atoms with Crippen molar-refractivity contribution in [3.05, 3.63) is 48.0 Å². The van der Waals surface area contributed by atoms with Gasteiger partial charge >= 0.3 is 0 Å². The fraction of sp³-hybridized carbons (Fsp3) is 0.133. The summed E-state index contributed by atoms with van der Waals surface area (Å²) in [5.74, 6) is -0.922. The Balaban J connectivity index is 2.43. The summed E-state index contributed by atoms with van der Waals surface area (Å²) in [4.78, 5) is 10.7. The largest absolute Gasteiger partial charge is 0.545 e. The van der Waals surface area contributed by atoms with Crippen LogP contribution in [-0.2, 0) is 10.0 Å². The highest BCUT2D eigenvalue weighted by molar-refractivity contribution is 7.92. The van der Waals surface area contributed by atoms with E-state index in [-0.39, 0.29) is 21.9 Å². The van der Waals surface area contributed by atoms with Crippen molar-refractivity contribution < 1.29 is 27.8 Å². The maximum absolute atomic E-state index is 12.5. The summed E-state index contributed by atoms with van der Waals surface area (Å²) in [6, 6.07) is 9.64. The first-order valence-corrected chi connectivity index (χ1v) is 7.92. The van der Waals surface area contributed by atoms with Gasteiger partial charge in [0.05, 0.1) is 20.2 Å². The standard InChI is InChI=1S/C15H15NO6S/c1-21-12-6-7-13(22-2)14(9-12)23(19,20)16-11-5-3-4-10(8-11)15(17)18/h3-9,16H,1-2H3,(H,17,18)/p-1. The van der Waals surface area contributed by atoms with Gasteiger partial charge in [0, 0.05) is 11.8 Å². The van der Waals surface area contributed by atoms with Crippen molar-refractivity contribution in [1.29, 1.82) is 0 Å². The summed E-state index contributed by atoms with van der Waals surface area (Å²) < 4.78 is 37.4. The van der Waals surface area contributed by atoms with E-state index in [9.17, 15) is 18.3 Å². The predicted octanol–water partition coefficient (Wildman–Crippen LogP) is 0.868. The molecule has 122 valence electrons.